The average Bonchev–Trinajstić information content (AvgIpc) is 2.37. The van der Waals surface area contributed by atoms with Crippen LogP contribution in [0.3, 0.4) is 0 Å². The first-order valence-corrected chi connectivity index (χ1v) is 5.72. The van der Waals surface area contributed by atoms with Gasteiger partial charge in [-0.15, -0.1) is 24.0 Å². The first-order valence-electron chi connectivity index (χ1n) is 5.72. The van der Waals surface area contributed by atoms with Gasteiger partial charge in [0.15, 0.2) is 5.96 Å². The Labute approximate surface area is 133 Å². The molecule has 0 bridgehead atoms. The molecule has 0 spiro atoms. The van der Waals surface area contributed by atoms with Crippen molar-refractivity contribution in [3.63, 3.8) is 0 Å². The summed E-state index contributed by atoms with van der Waals surface area (Å²) in [7, 11) is 1.49. The fourth-order valence-corrected chi connectivity index (χ4v) is 1.42. The third kappa shape index (κ3) is 6.22. The van der Waals surface area contributed by atoms with Gasteiger partial charge in [0.05, 0.1) is 13.7 Å². The van der Waals surface area contributed by atoms with Gasteiger partial charge in [0.25, 0.3) is 0 Å². The number of nitrogens with two attached hydrogens (primary N) is 1. The van der Waals surface area contributed by atoms with E-state index in [-0.39, 0.29) is 42.2 Å². The van der Waals surface area contributed by atoms with Crippen molar-refractivity contribution in [1.82, 2.24) is 5.32 Å². The maximum absolute atomic E-state index is 12.3. The molecule has 0 heterocycles. The molecule has 0 saturated heterocycles. The lowest BCUT2D eigenvalue weighted by molar-refractivity contribution is -0.0504. The summed E-state index contributed by atoms with van der Waals surface area (Å²) in [5.74, 6) is 0.839. The molecule has 0 aromatic heterocycles. The van der Waals surface area contributed by atoms with Crippen LogP contribution in [0.5, 0.6) is 11.5 Å². The van der Waals surface area contributed by atoms with E-state index in [2.05, 4.69) is 15.0 Å². The topological polar surface area (TPSA) is 68.9 Å². The Bertz CT molecular complexity index is 445. The van der Waals surface area contributed by atoms with E-state index < -0.39 is 6.61 Å². The van der Waals surface area contributed by atoms with Crippen LogP contribution in [0.4, 0.5) is 8.78 Å². The zero-order valence-corrected chi connectivity index (χ0v) is 13.6. The van der Waals surface area contributed by atoms with Crippen LogP contribution in [-0.4, -0.2) is 26.2 Å². The van der Waals surface area contributed by atoms with Crippen molar-refractivity contribution >= 4 is 29.9 Å². The van der Waals surface area contributed by atoms with Crippen molar-refractivity contribution in [3.05, 3.63) is 23.8 Å². The summed E-state index contributed by atoms with van der Waals surface area (Å²) in [4.78, 5) is 4.03. The second kappa shape index (κ2) is 9.56. The van der Waals surface area contributed by atoms with E-state index in [0.29, 0.717) is 17.9 Å². The van der Waals surface area contributed by atoms with E-state index in [1.807, 2.05) is 6.92 Å². The number of halogens is 3. The van der Waals surface area contributed by atoms with Crippen LogP contribution in [0.15, 0.2) is 23.2 Å². The molecule has 114 valence electrons. The van der Waals surface area contributed by atoms with Crippen molar-refractivity contribution < 1.29 is 18.3 Å². The minimum atomic E-state index is -2.89. The maximum atomic E-state index is 12.3. The number of guanidine groups is 1. The highest BCUT2D eigenvalue weighted by Crippen LogP contribution is 2.26. The fourth-order valence-electron chi connectivity index (χ4n) is 1.42. The Morgan fingerprint density at radius 1 is 1.45 bits per heavy atom. The number of nitrogens with zero attached hydrogens (tertiary/aromatic N) is 1. The van der Waals surface area contributed by atoms with E-state index in [0.717, 1.165) is 0 Å². The van der Waals surface area contributed by atoms with Gasteiger partial charge < -0.3 is 20.5 Å². The number of nitrogens with one attached hydrogen (secondary N) is 1. The van der Waals surface area contributed by atoms with Crippen molar-refractivity contribution in [2.45, 2.75) is 20.1 Å². The highest BCUT2D eigenvalue weighted by Gasteiger charge is 2.10. The maximum Gasteiger partial charge on any atom is 0.387 e. The van der Waals surface area contributed by atoms with Crippen molar-refractivity contribution in [1.29, 1.82) is 0 Å². The predicted octanol–water partition coefficient (Wildman–Crippen LogP) is 2.34. The first-order chi connectivity index (χ1) is 9.06. The van der Waals surface area contributed by atoms with Crippen molar-refractivity contribution in [3.8, 4) is 11.5 Å². The standard InChI is InChI=1S/C12H17F2N3O2.HI/c1-3-16-12(15)17-7-8-6-9(18-2)4-5-10(8)19-11(13)14;/h4-6,11H,3,7H2,1-2H3,(H3,15,16,17);1H. The van der Waals surface area contributed by atoms with Gasteiger partial charge in [-0.2, -0.15) is 8.78 Å². The zero-order valence-electron chi connectivity index (χ0n) is 11.2. The monoisotopic (exact) mass is 401 g/mol. The van der Waals surface area contributed by atoms with Crippen LogP contribution in [0.1, 0.15) is 12.5 Å². The van der Waals surface area contributed by atoms with Crippen molar-refractivity contribution in [2.75, 3.05) is 13.7 Å². The highest BCUT2D eigenvalue weighted by molar-refractivity contribution is 14.0. The first kappa shape index (κ1) is 18.7. The molecule has 0 atom stereocenters. The average molecular weight is 401 g/mol. The molecular formula is C12H18F2IN3O2. The Kier molecular flexibility index (Phi) is 8.93. The molecule has 0 aliphatic rings. The summed E-state index contributed by atoms with van der Waals surface area (Å²) >= 11 is 0. The smallest absolute Gasteiger partial charge is 0.387 e. The number of aliphatic imine (C=N–C) groups is 1. The summed E-state index contributed by atoms with van der Waals surface area (Å²) in [6.07, 6.45) is 0. The number of ether oxygens (including phenoxy) is 2. The van der Waals surface area contributed by atoms with Crippen LogP contribution in [-0.2, 0) is 6.54 Å². The largest absolute Gasteiger partial charge is 0.497 e. The summed E-state index contributed by atoms with van der Waals surface area (Å²) < 4.78 is 34.0. The Morgan fingerprint density at radius 2 is 2.15 bits per heavy atom. The van der Waals surface area contributed by atoms with Crippen LogP contribution < -0.4 is 20.5 Å². The fraction of sp³-hybridized carbons (Fsp3) is 0.417. The quantitative estimate of drug-likeness (QED) is 0.436. The molecule has 8 heteroatoms. The number of alkyl halides is 2. The lowest BCUT2D eigenvalue weighted by atomic mass is 10.2. The Balaban J connectivity index is 0.00000361. The van der Waals surface area contributed by atoms with Gasteiger partial charge in [-0.3, -0.25) is 0 Å². The summed E-state index contributed by atoms with van der Waals surface area (Å²) in [6.45, 7) is -0.257. The lowest BCUT2D eigenvalue weighted by Gasteiger charge is -2.11. The molecule has 20 heavy (non-hydrogen) atoms. The molecule has 3 N–H and O–H groups in total. The van der Waals surface area contributed by atoms with Gasteiger partial charge >= 0.3 is 6.61 Å². The van der Waals surface area contributed by atoms with Gasteiger partial charge in [0.2, 0.25) is 0 Å². The molecule has 5 nitrogen and oxygen atoms in total. The highest BCUT2D eigenvalue weighted by atomic mass is 127. The number of rotatable bonds is 6. The Morgan fingerprint density at radius 3 is 2.70 bits per heavy atom. The molecule has 0 fully saturated rings. The van der Waals surface area contributed by atoms with E-state index >= 15 is 0 Å². The summed E-state index contributed by atoms with van der Waals surface area (Å²) in [5, 5.41) is 2.81. The normalized spacial score (nSPS) is 10.9. The molecular weight excluding hydrogens is 383 g/mol. The number of hydrogen-bond donors (Lipinski definition) is 2. The van der Waals surface area contributed by atoms with Crippen LogP contribution >= 0.6 is 24.0 Å². The molecule has 1 rings (SSSR count). The second-order valence-corrected chi connectivity index (χ2v) is 3.58. The SMILES string of the molecule is CCNC(N)=NCc1cc(OC)ccc1OC(F)F.I. The van der Waals surface area contributed by atoms with E-state index in [4.69, 9.17) is 10.5 Å². The van der Waals surface area contributed by atoms with Gasteiger partial charge in [0.1, 0.15) is 11.5 Å². The minimum absolute atomic E-state index is 0. The van der Waals surface area contributed by atoms with E-state index in [9.17, 15) is 8.78 Å². The number of methoxy groups -OCH3 is 1. The van der Waals surface area contributed by atoms with Gasteiger partial charge in [-0.1, -0.05) is 0 Å². The molecule has 0 unspecified atom stereocenters. The third-order valence-electron chi connectivity index (χ3n) is 2.26. The minimum Gasteiger partial charge on any atom is -0.497 e. The molecule has 1 aromatic rings. The van der Waals surface area contributed by atoms with Crippen LogP contribution in [0, 0.1) is 0 Å². The van der Waals surface area contributed by atoms with E-state index in [1.165, 1.54) is 13.2 Å². The Hall–Kier alpha value is -1.32. The van der Waals surface area contributed by atoms with Gasteiger partial charge in [-0.05, 0) is 25.1 Å². The van der Waals surface area contributed by atoms with E-state index in [1.54, 1.807) is 12.1 Å². The van der Waals surface area contributed by atoms with Gasteiger partial charge in [0, 0.05) is 12.1 Å². The molecule has 0 amide bonds. The predicted molar refractivity (Wildman–Crippen MR) is 84.0 cm³/mol. The van der Waals surface area contributed by atoms with Crippen molar-refractivity contribution in [2.24, 2.45) is 10.7 Å². The third-order valence-corrected chi connectivity index (χ3v) is 2.26. The van der Waals surface area contributed by atoms with Gasteiger partial charge in [-0.25, -0.2) is 4.99 Å². The number of hydrogen-bond acceptors (Lipinski definition) is 3. The zero-order chi connectivity index (χ0) is 14.3. The summed E-state index contributed by atoms with van der Waals surface area (Å²) in [6, 6.07) is 4.54. The molecule has 0 radical (unpaired) electrons. The molecule has 0 saturated carbocycles. The second-order valence-electron chi connectivity index (χ2n) is 3.58. The number of benzene rings is 1. The van der Waals surface area contributed by atoms with Crippen LogP contribution in [0.25, 0.3) is 0 Å². The summed E-state index contributed by atoms with van der Waals surface area (Å²) in [5.41, 5.74) is 6.05. The molecule has 0 aliphatic carbocycles. The lowest BCUT2D eigenvalue weighted by Crippen LogP contribution is -2.31. The molecule has 1 aromatic carbocycles. The van der Waals surface area contributed by atoms with Crippen LogP contribution in [0.2, 0.25) is 0 Å². The molecule has 0 aliphatic heterocycles.